The molecule has 2 rings (SSSR count). The molecule has 1 aromatic carbocycles. The van der Waals surface area contributed by atoms with Crippen LogP contribution >= 0.6 is 27.3 Å². The first-order valence-electron chi connectivity index (χ1n) is 7.39. The van der Waals surface area contributed by atoms with Gasteiger partial charge in [0.15, 0.2) is 5.96 Å². The van der Waals surface area contributed by atoms with E-state index >= 15 is 0 Å². The lowest BCUT2D eigenvalue weighted by atomic mass is 10.2. The molecule has 128 valence electrons. The van der Waals surface area contributed by atoms with Gasteiger partial charge in [-0.2, -0.15) is 0 Å². The van der Waals surface area contributed by atoms with Crippen molar-refractivity contribution in [3.05, 3.63) is 44.3 Å². The van der Waals surface area contributed by atoms with E-state index in [1.807, 2.05) is 38.2 Å². The van der Waals surface area contributed by atoms with Crippen LogP contribution in [0.3, 0.4) is 0 Å². The van der Waals surface area contributed by atoms with E-state index in [0.717, 1.165) is 20.7 Å². The summed E-state index contributed by atoms with van der Waals surface area (Å²) < 4.78 is 0.924. The lowest BCUT2D eigenvalue weighted by Gasteiger charge is -2.12. The number of amides is 1. The highest BCUT2D eigenvalue weighted by atomic mass is 79.9. The molecule has 1 amide bonds. The Morgan fingerprint density at radius 1 is 1.33 bits per heavy atom. The lowest BCUT2D eigenvalue weighted by molar-refractivity contribution is -0.115. The number of halogens is 1. The standard InChI is InChI=1S/C16H20BrN5OS/c1-10-4-5-12(17)6-13(10)22-14(23)8-20-16(18-3)21-9-15-19-7-11(2)24-15/h4-7H,8-9H2,1-3H3,(H,22,23)(H2,18,20,21). The quantitative estimate of drug-likeness (QED) is 0.523. The zero-order valence-electron chi connectivity index (χ0n) is 13.8. The predicted octanol–water partition coefficient (Wildman–Crippen LogP) is 2.83. The molecule has 8 heteroatoms. The minimum Gasteiger partial charge on any atom is -0.350 e. The molecule has 0 atom stereocenters. The molecule has 0 unspecified atom stereocenters. The summed E-state index contributed by atoms with van der Waals surface area (Å²) in [4.78, 5) is 21.6. The number of nitrogens with one attached hydrogen (secondary N) is 3. The van der Waals surface area contributed by atoms with Crippen LogP contribution in [0.4, 0.5) is 5.69 Å². The summed E-state index contributed by atoms with van der Waals surface area (Å²) in [6.07, 6.45) is 1.84. The molecule has 0 radical (unpaired) electrons. The number of hydrogen-bond acceptors (Lipinski definition) is 4. The van der Waals surface area contributed by atoms with Gasteiger partial charge >= 0.3 is 0 Å². The van der Waals surface area contributed by atoms with Gasteiger partial charge in [-0.3, -0.25) is 9.79 Å². The number of aliphatic imine (C=N–C) groups is 1. The molecular weight excluding hydrogens is 390 g/mol. The Bertz CT molecular complexity index is 744. The Balaban J connectivity index is 1.82. The number of hydrogen-bond donors (Lipinski definition) is 3. The smallest absolute Gasteiger partial charge is 0.243 e. The third kappa shape index (κ3) is 5.61. The van der Waals surface area contributed by atoms with E-state index in [9.17, 15) is 4.79 Å². The van der Waals surface area contributed by atoms with Crippen LogP contribution in [-0.4, -0.2) is 30.4 Å². The Morgan fingerprint density at radius 2 is 2.12 bits per heavy atom. The lowest BCUT2D eigenvalue weighted by Crippen LogP contribution is -2.41. The molecule has 0 saturated heterocycles. The highest BCUT2D eigenvalue weighted by molar-refractivity contribution is 9.10. The summed E-state index contributed by atoms with van der Waals surface area (Å²) in [7, 11) is 1.67. The van der Waals surface area contributed by atoms with Gasteiger partial charge in [-0.25, -0.2) is 4.98 Å². The van der Waals surface area contributed by atoms with Crippen molar-refractivity contribution in [3.8, 4) is 0 Å². The van der Waals surface area contributed by atoms with E-state index in [1.165, 1.54) is 4.88 Å². The number of aromatic nitrogens is 1. The van der Waals surface area contributed by atoms with Crippen molar-refractivity contribution >= 4 is 44.8 Å². The molecule has 1 heterocycles. The maximum atomic E-state index is 12.1. The summed E-state index contributed by atoms with van der Waals surface area (Å²) in [6, 6.07) is 5.77. The number of aryl methyl sites for hydroxylation is 2. The molecule has 6 nitrogen and oxygen atoms in total. The highest BCUT2D eigenvalue weighted by Crippen LogP contribution is 2.20. The van der Waals surface area contributed by atoms with Gasteiger partial charge in [-0.15, -0.1) is 11.3 Å². The molecule has 0 aliphatic heterocycles. The van der Waals surface area contributed by atoms with Crippen molar-refractivity contribution in [2.24, 2.45) is 4.99 Å². The fraction of sp³-hybridized carbons (Fsp3) is 0.312. The van der Waals surface area contributed by atoms with Gasteiger partial charge in [0.2, 0.25) is 5.91 Å². The van der Waals surface area contributed by atoms with Crippen LogP contribution < -0.4 is 16.0 Å². The maximum Gasteiger partial charge on any atom is 0.243 e. The average molecular weight is 410 g/mol. The van der Waals surface area contributed by atoms with Gasteiger partial charge in [0.25, 0.3) is 0 Å². The van der Waals surface area contributed by atoms with E-state index in [-0.39, 0.29) is 12.5 Å². The normalized spacial score (nSPS) is 11.2. The van der Waals surface area contributed by atoms with Gasteiger partial charge in [0.1, 0.15) is 5.01 Å². The molecule has 3 N–H and O–H groups in total. The molecule has 0 bridgehead atoms. The Morgan fingerprint density at radius 3 is 2.79 bits per heavy atom. The zero-order valence-corrected chi connectivity index (χ0v) is 16.2. The second kappa shape index (κ2) is 8.79. The summed E-state index contributed by atoms with van der Waals surface area (Å²) in [5.41, 5.74) is 1.80. The van der Waals surface area contributed by atoms with Crippen molar-refractivity contribution in [2.75, 3.05) is 18.9 Å². The van der Waals surface area contributed by atoms with E-state index < -0.39 is 0 Å². The molecule has 0 saturated carbocycles. The van der Waals surface area contributed by atoms with Crippen LogP contribution in [0.15, 0.2) is 33.9 Å². The van der Waals surface area contributed by atoms with Crippen molar-refractivity contribution in [2.45, 2.75) is 20.4 Å². The van der Waals surface area contributed by atoms with Crippen molar-refractivity contribution < 1.29 is 4.79 Å². The topological polar surface area (TPSA) is 78.4 Å². The maximum absolute atomic E-state index is 12.1. The van der Waals surface area contributed by atoms with Crippen LogP contribution in [0.1, 0.15) is 15.4 Å². The minimum absolute atomic E-state index is 0.128. The van der Waals surface area contributed by atoms with Crippen LogP contribution in [-0.2, 0) is 11.3 Å². The molecule has 0 aliphatic carbocycles. The van der Waals surface area contributed by atoms with Crippen LogP contribution in [0, 0.1) is 13.8 Å². The van der Waals surface area contributed by atoms with Gasteiger partial charge in [-0.1, -0.05) is 22.0 Å². The Kier molecular flexibility index (Phi) is 6.74. The number of carbonyl (C=O) groups excluding carboxylic acids is 1. The van der Waals surface area contributed by atoms with Crippen molar-refractivity contribution in [1.29, 1.82) is 0 Å². The second-order valence-electron chi connectivity index (χ2n) is 5.15. The highest BCUT2D eigenvalue weighted by Gasteiger charge is 2.07. The third-order valence-corrected chi connectivity index (χ3v) is 4.60. The van der Waals surface area contributed by atoms with E-state index in [4.69, 9.17) is 0 Å². The minimum atomic E-state index is -0.135. The van der Waals surface area contributed by atoms with Gasteiger partial charge in [0, 0.05) is 28.3 Å². The third-order valence-electron chi connectivity index (χ3n) is 3.19. The Labute approximate surface area is 153 Å². The fourth-order valence-electron chi connectivity index (χ4n) is 1.95. The first kappa shape index (κ1) is 18.4. The second-order valence-corrected chi connectivity index (χ2v) is 7.39. The summed E-state index contributed by atoms with van der Waals surface area (Å²) in [5.74, 6) is 0.424. The largest absolute Gasteiger partial charge is 0.350 e. The number of benzene rings is 1. The summed E-state index contributed by atoms with van der Waals surface area (Å²) >= 11 is 5.03. The molecule has 0 aliphatic rings. The molecular formula is C16H20BrN5OS. The van der Waals surface area contributed by atoms with Crippen molar-refractivity contribution in [1.82, 2.24) is 15.6 Å². The number of anilines is 1. The van der Waals surface area contributed by atoms with Gasteiger partial charge < -0.3 is 16.0 Å². The number of thiazole rings is 1. The fourth-order valence-corrected chi connectivity index (χ4v) is 3.04. The molecule has 0 spiro atoms. The molecule has 2 aromatic rings. The summed E-state index contributed by atoms with van der Waals surface area (Å²) in [5, 5.41) is 9.99. The number of guanidine groups is 1. The van der Waals surface area contributed by atoms with Crippen LogP contribution in [0.25, 0.3) is 0 Å². The molecule has 1 aromatic heterocycles. The SMILES string of the molecule is CN=C(NCC(=O)Nc1cc(Br)ccc1C)NCc1ncc(C)s1. The zero-order chi connectivity index (χ0) is 17.5. The van der Waals surface area contributed by atoms with Crippen LogP contribution in [0.2, 0.25) is 0 Å². The van der Waals surface area contributed by atoms with E-state index in [1.54, 1.807) is 18.4 Å². The number of rotatable bonds is 5. The summed E-state index contributed by atoms with van der Waals surface area (Å²) in [6.45, 7) is 4.67. The number of carbonyl (C=O) groups is 1. The van der Waals surface area contributed by atoms with E-state index in [2.05, 4.69) is 41.9 Å². The number of nitrogens with zero attached hydrogens (tertiary/aromatic N) is 2. The molecule has 24 heavy (non-hydrogen) atoms. The first-order valence-corrected chi connectivity index (χ1v) is 9.00. The first-order chi connectivity index (χ1) is 11.5. The van der Waals surface area contributed by atoms with Crippen LogP contribution in [0.5, 0.6) is 0 Å². The average Bonchev–Trinajstić information content (AvgIpc) is 2.96. The Hall–Kier alpha value is -1.93. The molecule has 0 fully saturated rings. The van der Waals surface area contributed by atoms with E-state index in [0.29, 0.717) is 12.5 Å². The van der Waals surface area contributed by atoms with Crippen molar-refractivity contribution in [3.63, 3.8) is 0 Å². The van der Waals surface area contributed by atoms with Gasteiger partial charge in [0.05, 0.1) is 13.1 Å². The van der Waals surface area contributed by atoms with Gasteiger partial charge in [-0.05, 0) is 31.5 Å². The monoisotopic (exact) mass is 409 g/mol. The predicted molar refractivity (Wildman–Crippen MR) is 103 cm³/mol.